The Bertz CT molecular complexity index is 1130. The number of benzene rings is 2. The van der Waals surface area contributed by atoms with Crippen LogP contribution in [-0.4, -0.2) is 41.5 Å². The maximum absolute atomic E-state index is 12.5. The summed E-state index contributed by atoms with van der Waals surface area (Å²) in [7, 11) is 0. The largest absolute Gasteiger partial charge is 0.360 e. The summed E-state index contributed by atoms with van der Waals surface area (Å²) in [6, 6.07) is 15.5. The number of carbonyl (C=O) groups excluding carboxylic acids is 2. The van der Waals surface area contributed by atoms with E-state index >= 15 is 0 Å². The Morgan fingerprint density at radius 3 is 2.58 bits per heavy atom. The van der Waals surface area contributed by atoms with Gasteiger partial charge in [-0.2, -0.15) is 5.26 Å². The first-order valence-corrected chi connectivity index (χ1v) is 10.5. The van der Waals surface area contributed by atoms with Crippen LogP contribution in [0.2, 0.25) is 0 Å². The van der Waals surface area contributed by atoms with E-state index in [-0.39, 0.29) is 11.9 Å². The van der Waals surface area contributed by atoms with Crippen molar-refractivity contribution in [2.24, 2.45) is 5.73 Å². The van der Waals surface area contributed by atoms with Gasteiger partial charge in [-0.25, -0.2) is 4.79 Å². The fourth-order valence-corrected chi connectivity index (χ4v) is 4.18. The molecule has 3 amide bonds. The Morgan fingerprint density at radius 1 is 1.16 bits per heavy atom. The van der Waals surface area contributed by atoms with Gasteiger partial charge in [0.1, 0.15) is 6.07 Å². The van der Waals surface area contributed by atoms with Crippen molar-refractivity contribution < 1.29 is 9.59 Å². The number of piperidine rings is 1. The van der Waals surface area contributed by atoms with E-state index in [4.69, 9.17) is 5.73 Å². The fraction of sp³-hybridized carbons (Fsp3) is 0.292. The van der Waals surface area contributed by atoms with E-state index in [1.807, 2.05) is 42.5 Å². The van der Waals surface area contributed by atoms with Crippen LogP contribution < -0.4 is 11.1 Å². The number of nitrogens with two attached hydrogens (primary N) is 1. The highest BCUT2D eigenvalue weighted by atomic mass is 16.2. The summed E-state index contributed by atoms with van der Waals surface area (Å²) in [6.07, 6.45) is 4.16. The van der Waals surface area contributed by atoms with Crippen LogP contribution in [-0.2, 0) is 6.42 Å². The average Bonchev–Trinajstić information content (AvgIpc) is 3.21. The van der Waals surface area contributed by atoms with Crippen LogP contribution in [0.25, 0.3) is 10.9 Å². The van der Waals surface area contributed by atoms with Crippen molar-refractivity contribution in [3.8, 4) is 6.07 Å². The molecule has 2 heterocycles. The maximum atomic E-state index is 12.5. The third kappa shape index (κ3) is 4.53. The second kappa shape index (κ2) is 8.92. The molecular weight excluding hydrogens is 390 g/mol. The van der Waals surface area contributed by atoms with Crippen molar-refractivity contribution in [2.45, 2.75) is 25.2 Å². The summed E-state index contributed by atoms with van der Waals surface area (Å²) in [4.78, 5) is 28.5. The predicted molar refractivity (Wildman–Crippen MR) is 119 cm³/mol. The van der Waals surface area contributed by atoms with Crippen LogP contribution >= 0.6 is 0 Å². The first kappa shape index (κ1) is 20.5. The first-order valence-electron chi connectivity index (χ1n) is 10.5. The van der Waals surface area contributed by atoms with Crippen molar-refractivity contribution in [3.63, 3.8) is 0 Å². The minimum absolute atomic E-state index is 0.101. The summed E-state index contributed by atoms with van der Waals surface area (Å²) in [6.45, 7) is 1.86. The van der Waals surface area contributed by atoms with E-state index in [0.717, 1.165) is 29.3 Å². The molecule has 1 fully saturated rings. The van der Waals surface area contributed by atoms with Crippen LogP contribution in [0.5, 0.6) is 0 Å². The van der Waals surface area contributed by atoms with Crippen LogP contribution in [0.15, 0.2) is 48.7 Å². The number of aromatic nitrogens is 1. The lowest BCUT2D eigenvalue weighted by molar-refractivity contribution is 0.0954. The van der Waals surface area contributed by atoms with E-state index in [0.29, 0.717) is 43.1 Å². The van der Waals surface area contributed by atoms with Crippen LogP contribution in [0, 0.1) is 11.3 Å². The number of nitrogens with one attached hydrogen (secondary N) is 2. The number of aromatic amines is 1. The van der Waals surface area contributed by atoms with Crippen LogP contribution in [0.3, 0.4) is 0 Å². The van der Waals surface area contributed by atoms with Gasteiger partial charge < -0.3 is 20.9 Å². The van der Waals surface area contributed by atoms with Gasteiger partial charge in [0.15, 0.2) is 0 Å². The lowest BCUT2D eigenvalue weighted by Crippen LogP contribution is -2.41. The number of rotatable bonds is 5. The van der Waals surface area contributed by atoms with E-state index in [1.165, 1.54) is 5.56 Å². The highest BCUT2D eigenvalue weighted by Gasteiger charge is 2.22. The summed E-state index contributed by atoms with van der Waals surface area (Å²) in [5, 5.41) is 13.1. The fourth-order valence-electron chi connectivity index (χ4n) is 4.18. The summed E-state index contributed by atoms with van der Waals surface area (Å²) >= 11 is 0. The van der Waals surface area contributed by atoms with E-state index < -0.39 is 0 Å². The van der Waals surface area contributed by atoms with Gasteiger partial charge in [-0.05, 0) is 60.6 Å². The summed E-state index contributed by atoms with van der Waals surface area (Å²) < 4.78 is 0. The number of urea groups is 1. The molecule has 2 aromatic carbocycles. The van der Waals surface area contributed by atoms with E-state index in [9.17, 15) is 14.9 Å². The smallest absolute Gasteiger partial charge is 0.314 e. The van der Waals surface area contributed by atoms with Crippen LogP contribution in [0.4, 0.5) is 4.79 Å². The van der Waals surface area contributed by atoms with Crippen molar-refractivity contribution in [2.75, 3.05) is 19.6 Å². The predicted octanol–water partition coefficient (Wildman–Crippen LogP) is 3.27. The molecule has 158 valence electrons. The molecule has 1 saturated heterocycles. The average molecular weight is 415 g/mol. The Kier molecular flexibility index (Phi) is 5.89. The van der Waals surface area contributed by atoms with E-state index in [1.54, 1.807) is 11.1 Å². The molecule has 7 nitrogen and oxygen atoms in total. The van der Waals surface area contributed by atoms with Crippen molar-refractivity contribution >= 4 is 22.8 Å². The first-order chi connectivity index (χ1) is 15.0. The molecule has 1 aromatic heterocycles. The Labute approximate surface area is 180 Å². The zero-order chi connectivity index (χ0) is 21.8. The van der Waals surface area contributed by atoms with E-state index in [2.05, 4.69) is 16.4 Å². The Morgan fingerprint density at radius 2 is 1.90 bits per heavy atom. The maximum Gasteiger partial charge on any atom is 0.314 e. The highest BCUT2D eigenvalue weighted by Crippen LogP contribution is 2.28. The highest BCUT2D eigenvalue weighted by molar-refractivity contribution is 5.94. The van der Waals surface area contributed by atoms with Gasteiger partial charge in [-0.15, -0.1) is 0 Å². The lowest BCUT2D eigenvalue weighted by atomic mass is 9.89. The number of H-pyrrole nitrogens is 1. The van der Waals surface area contributed by atoms with Crippen molar-refractivity contribution in [1.29, 1.82) is 5.26 Å². The second-order valence-corrected chi connectivity index (χ2v) is 7.92. The molecule has 4 N–H and O–H groups in total. The normalized spacial score (nSPS) is 14.4. The monoisotopic (exact) mass is 415 g/mol. The molecule has 0 aliphatic carbocycles. The zero-order valence-electron chi connectivity index (χ0n) is 17.2. The van der Waals surface area contributed by atoms with Gasteiger partial charge in [0.2, 0.25) is 0 Å². The molecule has 4 rings (SSSR count). The SMILES string of the molecule is N#Cc1c[nH]c2ccc(CCNC(=O)c3ccc(C4CCN(C(N)=O)CC4)cc3)cc12. The van der Waals surface area contributed by atoms with Crippen LogP contribution in [0.1, 0.15) is 45.8 Å². The van der Waals surface area contributed by atoms with Crippen molar-refractivity contribution in [3.05, 3.63) is 70.9 Å². The van der Waals surface area contributed by atoms with Crippen molar-refractivity contribution in [1.82, 2.24) is 15.2 Å². The van der Waals surface area contributed by atoms with Gasteiger partial charge in [0, 0.05) is 42.3 Å². The molecule has 31 heavy (non-hydrogen) atoms. The third-order valence-corrected chi connectivity index (χ3v) is 6.02. The standard InChI is InChI=1S/C24H25N5O2/c25-14-20-15-28-22-6-1-16(13-21(20)22)7-10-27-23(30)19-4-2-17(3-5-19)18-8-11-29(12-9-18)24(26)31/h1-6,13,15,18,28H,7-12H2,(H2,26,31)(H,27,30). The lowest BCUT2D eigenvalue weighted by Gasteiger charge is -2.31. The molecule has 7 heteroatoms. The molecule has 0 spiro atoms. The van der Waals surface area contributed by atoms with Gasteiger partial charge >= 0.3 is 6.03 Å². The molecule has 1 aliphatic rings. The number of fused-ring (bicyclic) bond motifs is 1. The minimum Gasteiger partial charge on any atom is -0.360 e. The number of nitrogens with zero attached hydrogens (tertiary/aromatic N) is 2. The number of primary amides is 1. The molecule has 0 atom stereocenters. The Balaban J connectivity index is 1.30. The molecular formula is C24H25N5O2. The zero-order valence-corrected chi connectivity index (χ0v) is 17.2. The van der Waals surface area contributed by atoms with Gasteiger partial charge in [0.25, 0.3) is 5.91 Å². The molecule has 0 unspecified atom stereocenters. The molecule has 3 aromatic rings. The number of hydrogen-bond acceptors (Lipinski definition) is 3. The van der Waals surface area contributed by atoms with Gasteiger partial charge in [-0.3, -0.25) is 4.79 Å². The second-order valence-electron chi connectivity index (χ2n) is 7.92. The number of nitriles is 1. The van der Waals surface area contributed by atoms with Gasteiger partial charge in [0.05, 0.1) is 5.56 Å². The number of amides is 3. The Hall–Kier alpha value is -3.79. The minimum atomic E-state index is -0.357. The number of carbonyl (C=O) groups is 2. The molecule has 0 radical (unpaired) electrons. The topological polar surface area (TPSA) is 115 Å². The molecule has 0 bridgehead atoms. The number of hydrogen-bond donors (Lipinski definition) is 3. The molecule has 1 aliphatic heterocycles. The third-order valence-electron chi connectivity index (χ3n) is 6.02. The summed E-state index contributed by atoms with van der Waals surface area (Å²) in [5.41, 5.74) is 9.79. The molecule has 0 saturated carbocycles. The van der Waals surface area contributed by atoms with Gasteiger partial charge in [-0.1, -0.05) is 18.2 Å². The summed E-state index contributed by atoms with van der Waals surface area (Å²) in [5.74, 6) is 0.282. The quantitative estimate of drug-likeness (QED) is 0.594. The number of likely N-dealkylation sites (tertiary alicyclic amines) is 1.